The first-order valence-electron chi connectivity index (χ1n) is 13.1. The molecule has 0 amide bonds. The normalized spacial score (nSPS) is 16.9. The Morgan fingerprint density at radius 2 is 1.95 bits per heavy atom. The molecule has 5 heterocycles. The van der Waals surface area contributed by atoms with Gasteiger partial charge in [0, 0.05) is 36.5 Å². The Morgan fingerprint density at radius 1 is 1.15 bits per heavy atom. The average Bonchev–Trinajstić information content (AvgIpc) is 3.56. The predicted molar refractivity (Wildman–Crippen MR) is 149 cm³/mol. The van der Waals surface area contributed by atoms with Gasteiger partial charge in [0.25, 0.3) is 0 Å². The van der Waals surface area contributed by atoms with Crippen molar-refractivity contribution in [1.82, 2.24) is 39.6 Å². The fraction of sp³-hybridized carbons (Fsp3) is 0.429. The quantitative estimate of drug-likeness (QED) is 0.362. The van der Waals surface area contributed by atoms with Crippen molar-refractivity contribution in [3.63, 3.8) is 0 Å². The molecule has 2 atom stereocenters. The highest BCUT2D eigenvalue weighted by Crippen LogP contribution is 2.40. The highest BCUT2D eigenvalue weighted by atomic mass is 16.5. The summed E-state index contributed by atoms with van der Waals surface area (Å²) in [5, 5.41) is 29.5. The van der Waals surface area contributed by atoms with E-state index in [9.17, 15) is 5.11 Å². The van der Waals surface area contributed by atoms with E-state index in [2.05, 4.69) is 41.2 Å². The third-order valence-corrected chi connectivity index (χ3v) is 7.51. The third kappa shape index (κ3) is 4.04. The number of nitrogens with zero attached hydrogens (tertiary/aromatic N) is 7. The smallest absolute Gasteiger partial charge is 0.221 e. The molecule has 6 rings (SSSR count). The zero-order valence-corrected chi connectivity index (χ0v) is 23.4. The van der Waals surface area contributed by atoms with Crippen LogP contribution in [0.3, 0.4) is 0 Å². The Bertz CT molecular complexity index is 1720. The predicted octanol–water partition coefficient (Wildman–Crippen LogP) is 3.77. The number of nitrogens with one attached hydrogen (secondary N) is 1. The molecule has 11 heteroatoms. The molecule has 4 aromatic heterocycles. The molecule has 0 unspecified atom stereocenters. The van der Waals surface area contributed by atoms with Crippen molar-refractivity contribution >= 4 is 21.8 Å². The Labute approximate surface area is 226 Å². The van der Waals surface area contributed by atoms with Gasteiger partial charge >= 0.3 is 0 Å². The maximum atomic E-state index is 10.0. The Kier molecular flexibility index (Phi) is 6.07. The molecular formula is C28H34N8O3. The van der Waals surface area contributed by atoms with Crippen molar-refractivity contribution in [3.05, 3.63) is 35.3 Å². The van der Waals surface area contributed by atoms with Crippen molar-refractivity contribution in [2.75, 3.05) is 27.3 Å². The molecule has 2 N–H and O–H groups in total. The number of hydrogen-bond donors (Lipinski definition) is 2. The number of H-pyrrole nitrogens is 1. The Hall–Kier alpha value is -3.96. The van der Waals surface area contributed by atoms with E-state index < -0.39 is 0 Å². The second kappa shape index (κ2) is 9.35. The monoisotopic (exact) mass is 530 g/mol. The number of aliphatic hydroxyl groups excluding tert-OH is 1. The van der Waals surface area contributed by atoms with Crippen LogP contribution in [0.4, 0.5) is 0 Å². The summed E-state index contributed by atoms with van der Waals surface area (Å²) < 4.78 is 16.1. The first-order valence-corrected chi connectivity index (χ1v) is 13.1. The van der Waals surface area contributed by atoms with E-state index in [-0.39, 0.29) is 18.8 Å². The van der Waals surface area contributed by atoms with Crippen molar-refractivity contribution in [2.24, 2.45) is 7.05 Å². The molecule has 0 saturated heterocycles. The number of pyridine rings is 1. The highest BCUT2D eigenvalue weighted by Gasteiger charge is 2.26. The van der Waals surface area contributed by atoms with Crippen LogP contribution in [-0.2, 0) is 13.6 Å². The summed E-state index contributed by atoms with van der Waals surface area (Å²) >= 11 is 0. The van der Waals surface area contributed by atoms with Crippen LogP contribution in [0.25, 0.3) is 44.3 Å². The molecule has 1 aliphatic rings. The molecule has 1 aliphatic heterocycles. The first-order chi connectivity index (χ1) is 18.7. The number of rotatable bonds is 3. The van der Waals surface area contributed by atoms with E-state index in [4.69, 9.17) is 24.7 Å². The number of aliphatic hydroxyl groups is 1. The maximum Gasteiger partial charge on any atom is 0.221 e. The number of methoxy groups -OCH3 is 1. The lowest BCUT2D eigenvalue weighted by atomic mass is 10.0. The summed E-state index contributed by atoms with van der Waals surface area (Å²) in [5.74, 6) is 1.34. The van der Waals surface area contributed by atoms with Crippen LogP contribution < -0.4 is 9.47 Å². The fourth-order valence-electron chi connectivity index (χ4n) is 5.69. The molecule has 0 fully saturated rings. The minimum Gasteiger partial charge on any atom is -0.494 e. The van der Waals surface area contributed by atoms with E-state index in [0.29, 0.717) is 24.7 Å². The Morgan fingerprint density at radius 3 is 2.69 bits per heavy atom. The van der Waals surface area contributed by atoms with Crippen molar-refractivity contribution < 1.29 is 14.6 Å². The number of hydrogen-bond acceptors (Lipinski definition) is 8. The van der Waals surface area contributed by atoms with E-state index in [1.165, 1.54) is 0 Å². The topological polar surface area (TPSA) is 119 Å². The van der Waals surface area contributed by atoms with Crippen LogP contribution in [0.1, 0.15) is 37.0 Å². The number of fused-ring (bicyclic) bond motifs is 5. The third-order valence-electron chi connectivity index (χ3n) is 7.51. The van der Waals surface area contributed by atoms with Gasteiger partial charge in [0.05, 0.1) is 53.6 Å². The molecule has 204 valence electrons. The van der Waals surface area contributed by atoms with Gasteiger partial charge in [-0.15, -0.1) is 0 Å². The molecule has 4 bridgehead atoms. The molecule has 0 spiro atoms. The van der Waals surface area contributed by atoms with Crippen LogP contribution >= 0.6 is 0 Å². The summed E-state index contributed by atoms with van der Waals surface area (Å²) in [6.07, 6.45) is -0.133. The van der Waals surface area contributed by atoms with E-state index in [0.717, 1.165) is 61.4 Å². The first kappa shape index (κ1) is 25.3. The van der Waals surface area contributed by atoms with Gasteiger partial charge in [0.1, 0.15) is 23.1 Å². The summed E-state index contributed by atoms with van der Waals surface area (Å²) in [5.41, 5.74) is 7.68. The summed E-state index contributed by atoms with van der Waals surface area (Å²) in [6.45, 7) is 9.21. The van der Waals surface area contributed by atoms with Gasteiger partial charge in [0.2, 0.25) is 5.88 Å². The minimum atomic E-state index is -0.202. The largest absolute Gasteiger partial charge is 0.494 e. The number of likely N-dealkylation sites (N-methyl/N-ethyl adjacent to an activating group) is 1. The van der Waals surface area contributed by atoms with E-state index in [1.54, 1.807) is 11.8 Å². The van der Waals surface area contributed by atoms with Crippen molar-refractivity contribution in [3.8, 4) is 34.1 Å². The Balaban J connectivity index is 1.69. The van der Waals surface area contributed by atoms with Crippen LogP contribution in [0.15, 0.2) is 18.2 Å². The molecule has 5 aromatic rings. The summed E-state index contributed by atoms with van der Waals surface area (Å²) in [6, 6.07) is 5.96. The second-order valence-electron chi connectivity index (χ2n) is 10.6. The summed E-state index contributed by atoms with van der Waals surface area (Å²) in [7, 11) is 5.61. The standard InChI is InChI=1S/C28H34N8O3/c1-14(13-37)36-22-12-34(5)11-15(2)39-28-24(16(3)32-35(28)6)21-10-20-25(17(4)29-21)30-31-26(20)18-8-19(22)27(33-36)23(9-18)38-7/h8-10,14-15,37H,11-13H2,1-7H3,(H,30,31)/t14-,15-/m0/s1. The number of aryl methyl sites for hydroxylation is 3. The lowest BCUT2D eigenvalue weighted by Gasteiger charge is -2.24. The van der Waals surface area contributed by atoms with Gasteiger partial charge in [-0.05, 0) is 52.9 Å². The lowest BCUT2D eigenvalue weighted by molar-refractivity contribution is 0.145. The molecule has 0 radical (unpaired) electrons. The number of aromatic amines is 1. The molecule has 0 saturated carbocycles. The van der Waals surface area contributed by atoms with E-state index in [1.807, 2.05) is 38.6 Å². The molecule has 11 nitrogen and oxygen atoms in total. The maximum absolute atomic E-state index is 10.0. The van der Waals surface area contributed by atoms with Crippen LogP contribution in [0, 0.1) is 13.8 Å². The van der Waals surface area contributed by atoms with Gasteiger partial charge in [-0.3, -0.25) is 19.7 Å². The average molecular weight is 531 g/mol. The lowest BCUT2D eigenvalue weighted by Crippen LogP contribution is -2.32. The molecule has 1 aromatic carbocycles. The van der Waals surface area contributed by atoms with Gasteiger partial charge in [-0.25, -0.2) is 4.68 Å². The number of ether oxygens (including phenoxy) is 2. The second-order valence-corrected chi connectivity index (χ2v) is 10.6. The van der Waals surface area contributed by atoms with Gasteiger partial charge in [-0.1, -0.05) is 0 Å². The van der Waals surface area contributed by atoms with Crippen LogP contribution in [0.2, 0.25) is 0 Å². The van der Waals surface area contributed by atoms with Crippen LogP contribution in [-0.4, -0.2) is 78.2 Å². The summed E-state index contributed by atoms with van der Waals surface area (Å²) in [4.78, 5) is 7.14. The molecule has 0 aliphatic carbocycles. The van der Waals surface area contributed by atoms with Crippen molar-refractivity contribution in [1.29, 1.82) is 0 Å². The van der Waals surface area contributed by atoms with Gasteiger partial charge < -0.3 is 14.6 Å². The van der Waals surface area contributed by atoms with Gasteiger partial charge in [-0.2, -0.15) is 15.3 Å². The zero-order chi connectivity index (χ0) is 27.6. The fourth-order valence-corrected chi connectivity index (χ4v) is 5.69. The molecular weight excluding hydrogens is 496 g/mol. The van der Waals surface area contributed by atoms with Crippen LogP contribution in [0.5, 0.6) is 11.6 Å². The minimum absolute atomic E-state index is 0.0267. The van der Waals surface area contributed by atoms with E-state index >= 15 is 0 Å². The number of benzene rings is 1. The molecule has 39 heavy (non-hydrogen) atoms. The zero-order valence-electron chi connectivity index (χ0n) is 23.4. The SMILES string of the molecule is COc1cc2cc3c(n([C@@H](C)CO)nc13)CN(C)C[C@H](C)Oc1c(c(C)nn1C)-c1cc3c-2n[nH]c3c(C)n1. The van der Waals surface area contributed by atoms with Gasteiger partial charge in [0.15, 0.2) is 0 Å². The van der Waals surface area contributed by atoms with Crippen molar-refractivity contribution in [2.45, 2.75) is 46.4 Å². The number of aromatic nitrogens is 7. The highest BCUT2D eigenvalue weighted by molar-refractivity contribution is 6.00.